The van der Waals surface area contributed by atoms with E-state index in [1.54, 1.807) is 0 Å². The molecule has 1 atom stereocenters. The standard InChI is InChI=1S/C18H30O3/c1-2-3-10-13-16-17(21-16)14-11-8-6-4-5-7-9-12-15-18(19)20/h8,11,14,16H,2-7,9-10,12-13,15H2,1H3,(H,19,20)/b11-8+,17-14-/t16-/m0/s1. The van der Waals surface area contributed by atoms with Crippen LogP contribution in [-0.4, -0.2) is 17.2 Å². The molecule has 0 radical (unpaired) electrons. The largest absolute Gasteiger partial charge is 0.483 e. The summed E-state index contributed by atoms with van der Waals surface area (Å²) in [6.45, 7) is 2.22. The van der Waals surface area contributed by atoms with Crippen molar-refractivity contribution in [3.8, 4) is 0 Å². The van der Waals surface area contributed by atoms with E-state index in [1.165, 1.54) is 38.5 Å². The number of epoxide rings is 1. The minimum atomic E-state index is -0.679. The van der Waals surface area contributed by atoms with Gasteiger partial charge in [0.05, 0.1) is 0 Å². The van der Waals surface area contributed by atoms with Crippen molar-refractivity contribution in [1.29, 1.82) is 0 Å². The van der Waals surface area contributed by atoms with Gasteiger partial charge in [-0.25, -0.2) is 0 Å². The maximum Gasteiger partial charge on any atom is 0.303 e. The third-order valence-corrected chi connectivity index (χ3v) is 3.77. The molecule has 0 spiro atoms. The Kier molecular flexibility index (Phi) is 9.68. The molecule has 0 aliphatic carbocycles. The zero-order chi connectivity index (χ0) is 15.3. The summed E-state index contributed by atoms with van der Waals surface area (Å²) in [4.78, 5) is 10.3. The minimum Gasteiger partial charge on any atom is -0.483 e. The fourth-order valence-electron chi connectivity index (χ4n) is 2.39. The molecule has 0 aromatic rings. The number of aliphatic carboxylic acids is 1. The lowest BCUT2D eigenvalue weighted by atomic mass is 10.1. The number of carboxylic acid groups (broad SMARTS) is 1. The zero-order valence-electron chi connectivity index (χ0n) is 13.4. The Balaban J connectivity index is 1.88. The molecule has 0 aromatic carbocycles. The highest BCUT2D eigenvalue weighted by Gasteiger charge is 2.30. The van der Waals surface area contributed by atoms with E-state index in [0.717, 1.165) is 31.4 Å². The van der Waals surface area contributed by atoms with Crippen molar-refractivity contribution in [2.24, 2.45) is 0 Å². The Morgan fingerprint density at radius 1 is 1.14 bits per heavy atom. The predicted octanol–water partition coefficient (Wildman–Crippen LogP) is 5.22. The van der Waals surface area contributed by atoms with E-state index in [0.29, 0.717) is 12.5 Å². The Hall–Kier alpha value is -1.25. The summed E-state index contributed by atoms with van der Waals surface area (Å²) < 4.78 is 5.52. The Morgan fingerprint density at radius 3 is 2.67 bits per heavy atom. The van der Waals surface area contributed by atoms with E-state index < -0.39 is 5.97 Å². The topological polar surface area (TPSA) is 49.8 Å². The van der Waals surface area contributed by atoms with Crippen molar-refractivity contribution in [2.45, 2.75) is 83.7 Å². The average molecular weight is 294 g/mol. The molecule has 0 bridgehead atoms. The average Bonchev–Trinajstić information content (AvgIpc) is 3.19. The first kappa shape index (κ1) is 17.8. The summed E-state index contributed by atoms with van der Waals surface area (Å²) in [6, 6.07) is 0. The fourth-order valence-corrected chi connectivity index (χ4v) is 2.39. The zero-order valence-corrected chi connectivity index (χ0v) is 13.4. The Labute approximate surface area is 129 Å². The van der Waals surface area contributed by atoms with Gasteiger partial charge in [0.2, 0.25) is 0 Å². The molecule has 0 saturated carbocycles. The molecule has 3 nitrogen and oxygen atoms in total. The second-order valence-electron chi connectivity index (χ2n) is 5.80. The highest BCUT2D eigenvalue weighted by Crippen LogP contribution is 2.31. The monoisotopic (exact) mass is 294 g/mol. The highest BCUT2D eigenvalue weighted by atomic mass is 16.6. The molecule has 1 aliphatic rings. The lowest BCUT2D eigenvalue weighted by molar-refractivity contribution is -0.137. The van der Waals surface area contributed by atoms with Gasteiger partial charge in [-0.3, -0.25) is 4.79 Å². The molecule has 0 aromatic heterocycles. The number of hydrogen-bond acceptors (Lipinski definition) is 2. The minimum absolute atomic E-state index is 0.312. The summed E-state index contributed by atoms with van der Waals surface area (Å²) in [6.07, 6.45) is 18.6. The van der Waals surface area contributed by atoms with Gasteiger partial charge in [0, 0.05) is 6.42 Å². The van der Waals surface area contributed by atoms with E-state index in [9.17, 15) is 4.79 Å². The van der Waals surface area contributed by atoms with Crippen LogP contribution in [0.25, 0.3) is 0 Å². The molecular formula is C18H30O3. The van der Waals surface area contributed by atoms with Crippen LogP contribution in [-0.2, 0) is 9.53 Å². The number of rotatable bonds is 13. The smallest absolute Gasteiger partial charge is 0.303 e. The second-order valence-corrected chi connectivity index (χ2v) is 5.80. The molecule has 1 aliphatic heterocycles. The first-order valence-electron chi connectivity index (χ1n) is 8.49. The van der Waals surface area contributed by atoms with Gasteiger partial charge in [-0.1, -0.05) is 51.2 Å². The van der Waals surface area contributed by atoms with E-state index in [2.05, 4.69) is 25.2 Å². The van der Waals surface area contributed by atoms with Gasteiger partial charge in [0.1, 0.15) is 5.76 Å². The quantitative estimate of drug-likeness (QED) is 0.374. The first-order valence-corrected chi connectivity index (χ1v) is 8.49. The Bertz CT molecular complexity index is 344. The van der Waals surface area contributed by atoms with E-state index >= 15 is 0 Å². The van der Waals surface area contributed by atoms with Crippen molar-refractivity contribution in [2.75, 3.05) is 0 Å². The second kappa shape index (κ2) is 11.4. The third-order valence-electron chi connectivity index (χ3n) is 3.77. The van der Waals surface area contributed by atoms with Crippen molar-refractivity contribution in [3.63, 3.8) is 0 Å². The van der Waals surface area contributed by atoms with Crippen molar-refractivity contribution in [1.82, 2.24) is 0 Å². The molecule has 1 heterocycles. The number of carbonyl (C=O) groups is 1. The molecule has 1 rings (SSSR count). The molecule has 0 amide bonds. The summed E-state index contributed by atoms with van der Waals surface area (Å²) in [5.74, 6) is 0.470. The van der Waals surface area contributed by atoms with Crippen LogP contribution in [0.2, 0.25) is 0 Å². The highest BCUT2D eigenvalue weighted by molar-refractivity contribution is 5.66. The number of allylic oxidation sites excluding steroid dienone is 3. The van der Waals surface area contributed by atoms with Crippen LogP contribution in [0.4, 0.5) is 0 Å². The van der Waals surface area contributed by atoms with Crippen molar-refractivity contribution < 1.29 is 14.6 Å². The van der Waals surface area contributed by atoms with Gasteiger partial charge in [0.15, 0.2) is 6.10 Å². The summed E-state index contributed by atoms with van der Waals surface area (Å²) in [7, 11) is 0. The predicted molar refractivity (Wildman–Crippen MR) is 86.2 cm³/mol. The number of carboxylic acids is 1. The lowest BCUT2D eigenvalue weighted by Crippen LogP contribution is -1.93. The SMILES string of the molecule is CCCCC[C@@H]1O/C1=C\C=C\CCCCCCCC(=O)O. The lowest BCUT2D eigenvalue weighted by Gasteiger charge is -1.97. The number of hydrogen-bond donors (Lipinski definition) is 1. The van der Waals surface area contributed by atoms with E-state index in [-0.39, 0.29) is 0 Å². The molecule has 1 fully saturated rings. The van der Waals surface area contributed by atoms with Crippen LogP contribution in [0.3, 0.4) is 0 Å². The summed E-state index contributed by atoms with van der Waals surface area (Å²) in [5.41, 5.74) is 0. The van der Waals surface area contributed by atoms with Gasteiger partial charge in [-0.2, -0.15) is 0 Å². The van der Waals surface area contributed by atoms with Gasteiger partial charge >= 0.3 is 5.97 Å². The number of ether oxygens (including phenoxy) is 1. The molecule has 0 unspecified atom stereocenters. The van der Waals surface area contributed by atoms with Crippen LogP contribution >= 0.6 is 0 Å². The van der Waals surface area contributed by atoms with Crippen molar-refractivity contribution >= 4 is 5.97 Å². The molecular weight excluding hydrogens is 264 g/mol. The van der Waals surface area contributed by atoms with Crippen LogP contribution in [0, 0.1) is 0 Å². The van der Waals surface area contributed by atoms with E-state index in [4.69, 9.17) is 9.84 Å². The van der Waals surface area contributed by atoms with Gasteiger partial charge < -0.3 is 9.84 Å². The molecule has 3 heteroatoms. The van der Waals surface area contributed by atoms with Crippen LogP contribution < -0.4 is 0 Å². The van der Waals surface area contributed by atoms with Crippen LogP contribution in [0.15, 0.2) is 24.0 Å². The molecule has 1 saturated heterocycles. The summed E-state index contributed by atoms with van der Waals surface area (Å²) in [5, 5.41) is 8.52. The third kappa shape index (κ3) is 10.2. The van der Waals surface area contributed by atoms with Gasteiger partial charge in [-0.15, -0.1) is 0 Å². The maximum absolute atomic E-state index is 10.3. The van der Waals surface area contributed by atoms with Gasteiger partial charge in [-0.05, 0) is 38.2 Å². The molecule has 120 valence electrons. The fraction of sp³-hybridized carbons (Fsp3) is 0.722. The van der Waals surface area contributed by atoms with E-state index in [1.807, 2.05) is 0 Å². The van der Waals surface area contributed by atoms with Crippen molar-refractivity contribution in [3.05, 3.63) is 24.0 Å². The summed E-state index contributed by atoms with van der Waals surface area (Å²) >= 11 is 0. The Morgan fingerprint density at radius 2 is 1.90 bits per heavy atom. The molecule has 21 heavy (non-hydrogen) atoms. The maximum atomic E-state index is 10.3. The molecule has 1 N–H and O–H groups in total. The van der Waals surface area contributed by atoms with Gasteiger partial charge in [0.25, 0.3) is 0 Å². The van der Waals surface area contributed by atoms with Crippen LogP contribution in [0.5, 0.6) is 0 Å². The number of unbranched alkanes of at least 4 members (excludes halogenated alkanes) is 7. The first-order chi connectivity index (χ1) is 10.2. The van der Waals surface area contributed by atoms with Crippen LogP contribution in [0.1, 0.15) is 77.6 Å². The normalized spacial score (nSPS) is 19.1.